The van der Waals surface area contributed by atoms with E-state index >= 15 is 0 Å². The Morgan fingerprint density at radius 1 is 1.08 bits per heavy atom. The van der Waals surface area contributed by atoms with Gasteiger partial charge < -0.3 is 10.1 Å². The maximum atomic E-state index is 13.9. The van der Waals surface area contributed by atoms with Crippen LogP contribution in [0.5, 0.6) is 5.75 Å². The zero-order valence-electron chi connectivity index (χ0n) is 21.1. The molecule has 0 fully saturated rings. The molecule has 4 aromatic rings. The molecule has 0 bridgehead atoms. The summed E-state index contributed by atoms with van der Waals surface area (Å²) in [5, 5.41) is 3.50. The summed E-state index contributed by atoms with van der Waals surface area (Å²) >= 11 is 7.55. The van der Waals surface area contributed by atoms with Crippen LogP contribution < -0.4 is 24.9 Å². The van der Waals surface area contributed by atoms with Gasteiger partial charge in [0.15, 0.2) is 4.80 Å². The molecule has 6 nitrogen and oxygen atoms in total. The molecule has 0 radical (unpaired) electrons. The average Bonchev–Trinajstić information content (AvgIpc) is 3.19. The van der Waals surface area contributed by atoms with Gasteiger partial charge in [-0.25, -0.2) is 4.99 Å². The summed E-state index contributed by atoms with van der Waals surface area (Å²) in [5.74, 6) is 0.331. The molecule has 8 heteroatoms. The van der Waals surface area contributed by atoms with Crippen molar-refractivity contribution in [1.82, 2.24) is 4.57 Å². The number of carbonyl (C=O) groups excluding carboxylic acids is 1. The summed E-state index contributed by atoms with van der Waals surface area (Å²) in [6.07, 6.45) is 1.73. The van der Waals surface area contributed by atoms with E-state index in [2.05, 4.69) is 5.32 Å². The molecular weight excluding hydrogens is 518 g/mol. The van der Waals surface area contributed by atoms with Crippen molar-refractivity contribution in [2.45, 2.75) is 32.9 Å². The number of carbonyl (C=O) groups is 1. The maximum Gasteiger partial charge on any atom is 0.271 e. The van der Waals surface area contributed by atoms with Gasteiger partial charge in [0.1, 0.15) is 5.75 Å². The Morgan fingerprint density at radius 2 is 1.76 bits per heavy atom. The fourth-order valence-electron chi connectivity index (χ4n) is 4.42. The van der Waals surface area contributed by atoms with Crippen LogP contribution in [0.25, 0.3) is 6.08 Å². The van der Waals surface area contributed by atoms with Crippen molar-refractivity contribution in [3.63, 3.8) is 0 Å². The van der Waals surface area contributed by atoms with Crippen molar-refractivity contribution in [2.24, 2.45) is 4.99 Å². The lowest BCUT2D eigenvalue weighted by molar-refractivity contribution is -0.113. The summed E-state index contributed by atoms with van der Waals surface area (Å²) < 4.78 is 8.02. The number of hydrogen-bond acceptors (Lipinski definition) is 5. The average molecular weight is 544 g/mol. The molecule has 0 aliphatic carbocycles. The molecule has 1 N–H and O–H groups in total. The number of fused-ring (bicyclic) bond motifs is 1. The third kappa shape index (κ3) is 5.21. The molecule has 2 heterocycles. The molecule has 1 aliphatic heterocycles. The molecule has 0 unspecified atom stereocenters. The first-order valence-corrected chi connectivity index (χ1v) is 13.4. The lowest BCUT2D eigenvalue weighted by Crippen LogP contribution is -2.40. The summed E-state index contributed by atoms with van der Waals surface area (Å²) in [5.41, 5.74) is 2.93. The molecule has 192 valence electrons. The Labute approximate surface area is 229 Å². The summed E-state index contributed by atoms with van der Waals surface area (Å²) in [6.45, 7) is 5.69. The van der Waals surface area contributed by atoms with Crippen molar-refractivity contribution >= 4 is 40.6 Å². The van der Waals surface area contributed by atoms with E-state index < -0.39 is 6.04 Å². The molecule has 1 atom stereocenters. The Bertz CT molecular complexity index is 1710. The van der Waals surface area contributed by atoms with Gasteiger partial charge in [-0.2, -0.15) is 0 Å². The highest BCUT2D eigenvalue weighted by molar-refractivity contribution is 7.07. The molecular formula is C30H26ClN3O3S. The topological polar surface area (TPSA) is 72.7 Å². The van der Waals surface area contributed by atoms with E-state index in [0.717, 1.165) is 5.56 Å². The van der Waals surface area contributed by atoms with E-state index in [4.69, 9.17) is 21.3 Å². The van der Waals surface area contributed by atoms with E-state index in [1.54, 1.807) is 35.8 Å². The largest absolute Gasteiger partial charge is 0.490 e. The van der Waals surface area contributed by atoms with Crippen LogP contribution >= 0.6 is 22.9 Å². The molecule has 5 rings (SSSR count). The first kappa shape index (κ1) is 25.7. The minimum Gasteiger partial charge on any atom is -0.490 e. The molecule has 0 saturated heterocycles. The van der Waals surface area contributed by atoms with Crippen molar-refractivity contribution in [1.29, 1.82) is 0 Å². The molecule has 0 spiro atoms. The van der Waals surface area contributed by atoms with Crippen molar-refractivity contribution in [3.05, 3.63) is 126 Å². The number of allylic oxidation sites excluding steroid dienone is 1. The first-order chi connectivity index (χ1) is 18.3. The van der Waals surface area contributed by atoms with Gasteiger partial charge in [0.05, 0.1) is 27.9 Å². The number of para-hydroxylation sites is 1. The summed E-state index contributed by atoms with van der Waals surface area (Å²) in [6, 6.07) is 23.5. The fourth-order valence-corrected chi connectivity index (χ4v) is 5.64. The smallest absolute Gasteiger partial charge is 0.271 e. The second-order valence-corrected chi connectivity index (χ2v) is 10.6. The zero-order valence-corrected chi connectivity index (χ0v) is 22.7. The summed E-state index contributed by atoms with van der Waals surface area (Å²) in [7, 11) is 0. The predicted molar refractivity (Wildman–Crippen MR) is 152 cm³/mol. The van der Waals surface area contributed by atoms with Crippen molar-refractivity contribution in [2.75, 3.05) is 5.32 Å². The SMILES string of the molecule is CC1=C(C(=O)Nc2ccccc2)[C@@H](c2ccccc2)n2c(s/c(=C/c3cc(Cl)ccc3OC(C)C)c2=O)=N1. The number of ether oxygens (including phenoxy) is 1. The number of nitrogens with zero attached hydrogens (tertiary/aromatic N) is 2. The highest BCUT2D eigenvalue weighted by Crippen LogP contribution is 2.31. The lowest BCUT2D eigenvalue weighted by atomic mass is 9.95. The van der Waals surface area contributed by atoms with E-state index in [1.165, 1.54) is 11.3 Å². The van der Waals surface area contributed by atoms with Gasteiger partial charge in [-0.15, -0.1) is 0 Å². The number of thiazole rings is 1. The van der Waals surface area contributed by atoms with Gasteiger partial charge in [0, 0.05) is 16.3 Å². The van der Waals surface area contributed by atoms with E-state index in [1.807, 2.05) is 74.5 Å². The minimum atomic E-state index is -0.635. The molecule has 0 saturated carbocycles. The number of aromatic nitrogens is 1. The van der Waals surface area contributed by atoms with Crippen LogP contribution in [0.3, 0.4) is 0 Å². The van der Waals surface area contributed by atoms with Gasteiger partial charge in [0.25, 0.3) is 11.5 Å². The number of anilines is 1. The first-order valence-electron chi connectivity index (χ1n) is 12.2. The lowest BCUT2D eigenvalue weighted by Gasteiger charge is -2.25. The Kier molecular flexibility index (Phi) is 7.31. The van der Waals surface area contributed by atoms with Crippen LogP contribution in [0.2, 0.25) is 5.02 Å². The van der Waals surface area contributed by atoms with E-state index in [-0.39, 0.29) is 17.6 Å². The van der Waals surface area contributed by atoms with Gasteiger partial charge in [-0.05, 0) is 62.7 Å². The molecule has 1 aromatic heterocycles. The number of rotatable bonds is 6. The molecule has 3 aromatic carbocycles. The van der Waals surface area contributed by atoms with Crippen molar-refractivity contribution in [3.8, 4) is 5.75 Å². The fraction of sp³-hybridized carbons (Fsp3) is 0.167. The number of hydrogen-bond donors (Lipinski definition) is 1. The van der Waals surface area contributed by atoms with Crippen LogP contribution in [-0.4, -0.2) is 16.6 Å². The van der Waals surface area contributed by atoms with E-state index in [9.17, 15) is 9.59 Å². The van der Waals surface area contributed by atoms with E-state index in [0.29, 0.717) is 42.6 Å². The summed E-state index contributed by atoms with van der Waals surface area (Å²) in [4.78, 5) is 32.7. The normalized spacial score (nSPS) is 15.3. The highest BCUT2D eigenvalue weighted by atomic mass is 35.5. The molecule has 1 aliphatic rings. The van der Waals surface area contributed by atoms with Gasteiger partial charge in [-0.1, -0.05) is 71.5 Å². The van der Waals surface area contributed by atoms with Crippen molar-refractivity contribution < 1.29 is 9.53 Å². The number of benzene rings is 3. The Balaban J connectivity index is 1.67. The van der Waals surface area contributed by atoms with Gasteiger partial charge in [0.2, 0.25) is 0 Å². The van der Waals surface area contributed by atoms with Gasteiger partial charge in [-0.3, -0.25) is 14.2 Å². The van der Waals surface area contributed by atoms with Gasteiger partial charge >= 0.3 is 0 Å². The monoisotopic (exact) mass is 543 g/mol. The van der Waals surface area contributed by atoms with Crippen LogP contribution in [0, 0.1) is 0 Å². The molecule has 38 heavy (non-hydrogen) atoms. The molecule has 1 amide bonds. The number of halogens is 1. The number of amides is 1. The quantitative estimate of drug-likeness (QED) is 0.358. The zero-order chi connectivity index (χ0) is 26.8. The standard InChI is InChI=1S/C30H26ClN3O3S/c1-18(2)37-24-15-14-22(31)16-21(24)17-25-29(36)34-27(20-10-6-4-7-11-20)26(19(3)32-30(34)38-25)28(35)33-23-12-8-5-9-13-23/h4-18,27H,1-3H3,(H,33,35)/b25-17+/t27-/m1/s1. The van der Waals surface area contributed by atoms with Crippen LogP contribution in [0.4, 0.5) is 5.69 Å². The Morgan fingerprint density at radius 3 is 2.45 bits per heavy atom. The number of nitrogens with one attached hydrogen (secondary N) is 1. The second-order valence-electron chi connectivity index (χ2n) is 9.16. The third-order valence-corrected chi connectivity index (χ3v) is 7.25. The highest BCUT2D eigenvalue weighted by Gasteiger charge is 2.32. The van der Waals surface area contributed by atoms with Crippen LogP contribution in [-0.2, 0) is 4.79 Å². The second kappa shape index (κ2) is 10.8. The van der Waals surface area contributed by atoms with Crippen LogP contribution in [0.1, 0.15) is 37.9 Å². The maximum absolute atomic E-state index is 13.9. The minimum absolute atomic E-state index is 0.0454. The third-order valence-electron chi connectivity index (χ3n) is 6.03. The van der Waals surface area contributed by atoms with Crippen LogP contribution in [0.15, 0.2) is 99.9 Å². The Hall–Kier alpha value is -3.94. The predicted octanol–water partition coefficient (Wildman–Crippen LogP) is 5.31.